The number of hydrogen-bond acceptors (Lipinski definition) is 2. The van der Waals surface area contributed by atoms with Crippen LogP contribution in [0.3, 0.4) is 0 Å². The molecule has 0 aromatic heterocycles. The Morgan fingerprint density at radius 1 is 1.38 bits per heavy atom. The van der Waals surface area contributed by atoms with Crippen molar-refractivity contribution in [2.75, 3.05) is 0 Å². The third-order valence-electron chi connectivity index (χ3n) is 0.539. The summed E-state index contributed by atoms with van der Waals surface area (Å²) in [6, 6.07) is 0. The molecule has 0 aliphatic rings. The van der Waals surface area contributed by atoms with Gasteiger partial charge in [-0.1, -0.05) is 0 Å². The summed E-state index contributed by atoms with van der Waals surface area (Å²) < 4.78 is 5.49. The SMILES string of the molecule is C[SiH](N)O[Si](C)(C)C. The van der Waals surface area contributed by atoms with E-state index >= 15 is 0 Å². The molecule has 1 atom stereocenters. The summed E-state index contributed by atoms with van der Waals surface area (Å²) in [6.45, 7) is 8.47. The minimum absolute atomic E-state index is 1.23. The quantitative estimate of drug-likeness (QED) is 0.585. The first-order chi connectivity index (χ1) is 3.42. The number of hydrogen-bond donors (Lipinski definition) is 1. The Morgan fingerprint density at radius 2 is 1.75 bits per heavy atom. The fourth-order valence-corrected chi connectivity index (χ4v) is 5.02. The van der Waals surface area contributed by atoms with Gasteiger partial charge in [0.2, 0.25) is 9.20 Å². The first-order valence-corrected chi connectivity index (χ1v) is 8.55. The van der Waals surface area contributed by atoms with Crippen molar-refractivity contribution in [1.29, 1.82) is 0 Å². The molecular weight excluding hydrogens is 134 g/mol. The Labute approximate surface area is 54.0 Å². The molecule has 0 amide bonds. The molecule has 0 radical (unpaired) electrons. The van der Waals surface area contributed by atoms with E-state index in [2.05, 4.69) is 19.6 Å². The van der Waals surface area contributed by atoms with Crippen molar-refractivity contribution in [3.63, 3.8) is 0 Å². The van der Waals surface area contributed by atoms with Gasteiger partial charge in [0.1, 0.15) is 0 Å². The highest BCUT2D eigenvalue weighted by molar-refractivity contribution is 6.76. The highest BCUT2D eigenvalue weighted by Crippen LogP contribution is 2.01. The lowest BCUT2D eigenvalue weighted by molar-refractivity contribution is 0.577. The van der Waals surface area contributed by atoms with Crippen molar-refractivity contribution >= 4 is 17.5 Å². The minimum Gasteiger partial charge on any atom is -0.447 e. The molecule has 4 heteroatoms. The molecule has 0 aromatic rings. The van der Waals surface area contributed by atoms with Crippen LogP contribution in [0.1, 0.15) is 0 Å². The van der Waals surface area contributed by atoms with Crippen molar-refractivity contribution in [2.24, 2.45) is 5.40 Å². The molecule has 0 aliphatic carbocycles. The summed E-state index contributed by atoms with van der Waals surface area (Å²) in [6.07, 6.45) is 0. The van der Waals surface area contributed by atoms with Crippen LogP contribution in [0.2, 0.25) is 26.2 Å². The van der Waals surface area contributed by atoms with Gasteiger partial charge in [-0.05, 0) is 26.2 Å². The van der Waals surface area contributed by atoms with Gasteiger partial charge < -0.3 is 9.51 Å². The third-order valence-corrected chi connectivity index (χ3v) is 4.86. The van der Waals surface area contributed by atoms with Crippen molar-refractivity contribution < 1.29 is 4.12 Å². The third kappa shape index (κ3) is 6.35. The molecule has 0 rings (SSSR count). The molecule has 0 saturated carbocycles. The van der Waals surface area contributed by atoms with E-state index < -0.39 is 17.5 Å². The molecule has 0 heterocycles. The lowest BCUT2D eigenvalue weighted by Gasteiger charge is -2.19. The van der Waals surface area contributed by atoms with E-state index in [1.165, 1.54) is 0 Å². The molecule has 0 aliphatic heterocycles. The predicted octanol–water partition coefficient (Wildman–Crippen LogP) is 0.647. The van der Waals surface area contributed by atoms with E-state index in [4.69, 9.17) is 9.51 Å². The van der Waals surface area contributed by atoms with Crippen molar-refractivity contribution in [2.45, 2.75) is 26.2 Å². The molecule has 0 spiro atoms. The molecule has 0 aromatic carbocycles. The van der Waals surface area contributed by atoms with Gasteiger partial charge in [-0.15, -0.1) is 0 Å². The highest BCUT2D eigenvalue weighted by Gasteiger charge is 2.15. The molecular formula is C4H15NOSi2. The van der Waals surface area contributed by atoms with Crippen LogP contribution in [-0.2, 0) is 4.12 Å². The largest absolute Gasteiger partial charge is 0.447 e. The van der Waals surface area contributed by atoms with E-state index in [0.29, 0.717) is 0 Å². The Balaban J connectivity index is 3.39. The van der Waals surface area contributed by atoms with Crippen LogP contribution in [0.4, 0.5) is 0 Å². The molecule has 50 valence electrons. The van der Waals surface area contributed by atoms with Crippen molar-refractivity contribution in [3.8, 4) is 0 Å². The Morgan fingerprint density at radius 3 is 1.75 bits per heavy atom. The monoisotopic (exact) mass is 149 g/mol. The maximum Gasteiger partial charge on any atom is 0.235 e. The Kier molecular flexibility index (Phi) is 2.89. The second-order valence-corrected chi connectivity index (χ2v) is 9.51. The van der Waals surface area contributed by atoms with Gasteiger partial charge in [-0.2, -0.15) is 0 Å². The van der Waals surface area contributed by atoms with Gasteiger partial charge in [-0.3, -0.25) is 0 Å². The van der Waals surface area contributed by atoms with Gasteiger partial charge in [0.15, 0.2) is 8.32 Å². The zero-order chi connectivity index (χ0) is 6.78. The molecule has 1 unspecified atom stereocenters. The van der Waals surface area contributed by atoms with E-state index in [-0.39, 0.29) is 0 Å². The van der Waals surface area contributed by atoms with Crippen LogP contribution in [0.5, 0.6) is 0 Å². The molecule has 0 saturated heterocycles. The highest BCUT2D eigenvalue weighted by atomic mass is 28.4. The number of nitrogens with two attached hydrogens (primary N) is 1. The van der Waals surface area contributed by atoms with Crippen LogP contribution in [-0.4, -0.2) is 17.5 Å². The summed E-state index contributed by atoms with van der Waals surface area (Å²) >= 11 is 0. The minimum atomic E-state index is -1.28. The Bertz CT molecular complexity index is 68.9. The van der Waals surface area contributed by atoms with E-state index in [1.807, 2.05) is 6.55 Å². The topological polar surface area (TPSA) is 35.2 Å². The van der Waals surface area contributed by atoms with Crippen LogP contribution in [0.25, 0.3) is 0 Å². The summed E-state index contributed by atoms with van der Waals surface area (Å²) in [5.74, 6) is 0. The van der Waals surface area contributed by atoms with Crippen LogP contribution >= 0.6 is 0 Å². The van der Waals surface area contributed by atoms with Crippen LogP contribution < -0.4 is 5.40 Å². The molecule has 2 nitrogen and oxygen atoms in total. The molecule has 8 heavy (non-hydrogen) atoms. The normalized spacial score (nSPS) is 16.1. The Hall–Kier alpha value is 0.354. The van der Waals surface area contributed by atoms with E-state index in [1.54, 1.807) is 0 Å². The van der Waals surface area contributed by atoms with Gasteiger partial charge in [0.25, 0.3) is 0 Å². The van der Waals surface area contributed by atoms with Crippen molar-refractivity contribution in [3.05, 3.63) is 0 Å². The maximum atomic E-state index is 5.53. The van der Waals surface area contributed by atoms with Crippen LogP contribution in [0, 0.1) is 0 Å². The lowest BCUT2D eigenvalue weighted by Crippen LogP contribution is -2.38. The summed E-state index contributed by atoms with van der Waals surface area (Å²) in [7, 11) is -2.52. The lowest BCUT2D eigenvalue weighted by atomic mass is 11.8. The van der Waals surface area contributed by atoms with E-state index in [0.717, 1.165) is 0 Å². The second kappa shape index (κ2) is 2.77. The van der Waals surface area contributed by atoms with Gasteiger partial charge >= 0.3 is 0 Å². The average molecular weight is 149 g/mol. The molecule has 0 bridgehead atoms. The predicted molar refractivity (Wildman–Crippen MR) is 41.6 cm³/mol. The maximum absolute atomic E-state index is 5.53. The average Bonchev–Trinajstić information content (AvgIpc) is 1.21. The zero-order valence-electron chi connectivity index (χ0n) is 6.06. The van der Waals surface area contributed by atoms with Crippen molar-refractivity contribution in [1.82, 2.24) is 0 Å². The summed E-state index contributed by atoms with van der Waals surface area (Å²) in [5, 5.41) is 5.53. The van der Waals surface area contributed by atoms with E-state index in [9.17, 15) is 0 Å². The first kappa shape index (κ1) is 8.35. The smallest absolute Gasteiger partial charge is 0.235 e. The second-order valence-electron chi connectivity index (χ2n) is 2.94. The number of rotatable bonds is 2. The summed E-state index contributed by atoms with van der Waals surface area (Å²) in [4.78, 5) is 0. The summed E-state index contributed by atoms with van der Waals surface area (Å²) in [5.41, 5.74) is 0. The first-order valence-electron chi connectivity index (χ1n) is 2.85. The van der Waals surface area contributed by atoms with Gasteiger partial charge in [0.05, 0.1) is 0 Å². The van der Waals surface area contributed by atoms with Gasteiger partial charge in [0, 0.05) is 0 Å². The van der Waals surface area contributed by atoms with Crippen LogP contribution in [0.15, 0.2) is 0 Å². The fraction of sp³-hybridized carbons (Fsp3) is 1.00. The molecule has 2 N–H and O–H groups in total. The van der Waals surface area contributed by atoms with Gasteiger partial charge in [-0.25, -0.2) is 0 Å². The molecule has 0 fully saturated rings. The standard InChI is InChI=1S/C4H15NOSi2/c1-7(5)6-8(2,3)4/h7H,5H2,1-4H3. The zero-order valence-corrected chi connectivity index (χ0v) is 8.22. The fourth-order valence-electron chi connectivity index (χ4n) is 0.558.